The molecule has 0 bridgehead atoms. The Hall–Kier alpha value is -2.82. The van der Waals surface area contributed by atoms with Gasteiger partial charge in [0.25, 0.3) is 5.56 Å². The van der Waals surface area contributed by atoms with E-state index in [-0.39, 0.29) is 17.2 Å². The van der Waals surface area contributed by atoms with Crippen molar-refractivity contribution in [3.8, 4) is 11.5 Å². The molecule has 4 rings (SSSR count). The maximum atomic E-state index is 13.0. The Balaban J connectivity index is 1.50. The number of hydrogen-bond donors (Lipinski definition) is 1. The van der Waals surface area contributed by atoms with E-state index in [1.165, 1.54) is 28.0 Å². The van der Waals surface area contributed by atoms with Gasteiger partial charge in [0.05, 0.1) is 25.5 Å². The van der Waals surface area contributed by atoms with Crippen LogP contribution in [0, 0.1) is 0 Å². The summed E-state index contributed by atoms with van der Waals surface area (Å²) in [4.78, 5) is 31.5. The lowest BCUT2D eigenvalue weighted by Crippen LogP contribution is -2.24. The number of aromatic nitrogens is 2. The number of fused-ring (bicyclic) bond motifs is 1. The smallest absolute Gasteiger partial charge is 0.272 e. The highest BCUT2D eigenvalue weighted by Gasteiger charge is 2.15. The number of rotatable bonds is 9. The molecule has 1 amide bonds. The number of aryl methyl sites for hydroxylation is 1. The van der Waals surface area contributed by atoms with E-state index in [1.807, 2.05) is 22.9 Å². The van der Waals surface area contributed by atoms with E-state index in [2.05, 4.69) is 16.4 Å². The number of thiophene rings is 2. The van der Waals surface area contributed by atoms with Crippen LogP contribution in [0.1, 0.15) is 4.88 Å². The van der Waals surface area contributed by atoms with Crippen molar-refractivity contribution in [1.29, 1.82) is 0 Å². The van der Waals surface area contributed by atoms with Crippen molar-refractivity contribution in [3.05, 3.63) is 62.4 Å². The molecule has 0 atom stereocenters. The summed E-state index contributed by atoms with van der Waals surface area (Å²) >= 11 is 4.30. The number of carbonyl (C=O) groups is 1. The molecule has 4 aromatic rings. The van der Waals surface area contributed by atoms with E-state index < -0.39 is 0 Å². The summed E-state index contributed by atoms with van der Waals surface area (Å²) in [6.45, 7) is 0.514. The van der Waals surface area contributed by atoms with Crippen molar-refractivity contribution >= 4 is 56.2 Å². The van der Waals surface area contributed by atoms with Crippen molar-refractivity contribution in [2.75, 3.05) is 25.3 Å². The van der Waals surface area contributed by atoms with Gasteiger partial charge in [-0.1, -0.05) is 17.8 Å². The Morgan fingerprint density at radius 3 is 2.72 bits per heavy atom. The molecule has 0 aliphatic carbocycles. The number of nitrogens with one attached hydrogen (secondary N) is 1. The van der Waals surface area contributed by atoms with Crippen LogP contribution in [0.25, 0.3) is 10.2 Å². The van der Waals surface area contributed by atoms with Crippen LogP contribution < -0.4 is 20.3 Å². The average molecular weight is 488 g/mol. The van der Waals surface area contributed by atoms with Crippen LogP contribution in [0.4, 0.5) is 5.69 Å². The number of nitrogens with zero attached hydrogens (tertiary/aromatic N) is 2. The fourth-order valence-electron chi connectivity index (χ4n) is 3.15. The van der Waals surface area contributed by atoms with Gasteiger partial charge in [-0.2, -0.15) is 0 Å². The third kappa shape index (κ3) is 4.98. The van der Waals surface area contributed by atoms with E-state index in [0.717, 1.165) is 6.42 Å². The van der Waals surface area contributed by atoms with E-state index in [9.17, 15) is 9.59 Å². The predicted molar refractivity (Wildman–Crippen MR) is 131 cm³/mol. The summed E-state index contributed by atoms with van der Waals surface area (Å²) in [5.74, 6) is 1.04. The minimum Gasteiger partial charge on any atom is -0.493 e. The molecule has 0 unspecified atom stereocenters. The fourth-order valence-corrected chi connectivity index (χ4v) is 5.45. The van der Waals surface area contributed by atoms with E-state index >= 15 is 0 Å². The second kappa shape index (κ2) is 10.2. The minimum absolute atomic E-state index is 0.0654. The maximum Gasteiger partial charge on any atom is 0.272 e. The lowest BCUT2D eigenvalue weighted by atomic mass is 10.2. The van der Waals surface area contributed by atoms with Gasteiger partial charge >= 0.3 is 0 Å². The third-order valence-corrected chi connectivity index (χ3v) is 7.50. The first-order chi connectivity index (χ1) is 15.6. The van der Waals surface area contributed by atoms with Gasteiger partial charge in [-0.3, -0.25) is 14.2 Å². The molecule has 10 heteroatoms. The Labute approximate surface area is 197 Å². The van der Waals surface area contributed by atoms with Crippen molar-refractivity contribution in [1.82, 2.24) is 9.55 Å². The number of anilines is 1. The van der Waals surface area contributed by atoms with Crippen molar-refractivity contribution in [3.63, 3.8) is 0 Å². The molecule has 0 aliphatic rings. The third-order valence-electron chi connectivity index (χ3n) is 4.69. The zero-order valence-corrected chi connectivity index (χ0v) is 19.9. The number of carbonyl (C=O) groups excluding carboxylic acids is 1. The molecule has 0 saturated carbocycles. The van der Waals surface area contributed by atoms with Crippen LogP contribution in [0.2, 0.25) is 0 Å². The van der Waals surface area contributed by atoms with Gasteiger partial charge in [-0.15, -0.1) is 22.7 Å². The summed E-state index contributed by atoms with van der Waals surface area (Å²) in [7, 11) is 3.10. The topological polar surface area (TPSA) is 82.5 Å². The first kappa shape index (κ1) is 22.4. The van der Waals surface area contributed by atoms with Crippen LogP contribution >= 0.6 is 34.4 Å². The van der Waals surface area contributed by atoms with Crippen molar-refractivity contribution < 1.29 is 14.3 Å². The standard InChI is InChI=1S/C22H21N3O4S3/c1-28-17-6-5-14(12-18(17)29-2)23-19(26)13-32-22-24-16-8-11-31-20(16)21(27)25(22)9-7-15-4-3-10-30-15/h3-6,8,10-12H,7,9,13H2,1-2H3,(H,23,26). The molecule has 0 fully saturated rings. The molecule has 3 aromatic heterocycles. The SMILES string of the molecule is COc1ccc(NC(=O)CSc2nc3ccsc3c(=O)n2CCc2cccs2)cc1OC. The van der Waals surface area contributed by atoms with Gasteiger partial charge in [0, 0.05) is 23.2 Å². The Bertz CT molecular complexity index is 1280. The normalized spacial score (nSPS) is 10.9. The summed E-state index contributed by atoms with van der Waals surface area (Å²) < 4.78 is 12.8. The van der Waals surface area contributed by atoms with E-state index in [1.54, 1.807) is 48.3 Å². The number of amides is 1. The van der Waals surface area contributed by atoms with Crippen LogP contribution in [0.15, 0.2) is 57.1 Å². The van der Waals surface area contributed by atoms with Gasteiger partial charge in [0.1, 0.15) is 4.70 Å². The molecule has 1 aromatic carbocycles. The monoisotopic (exact) mass is 487 g/mol. The molecule has 0 spiro atoms. The summed E-state index contributed by atoms with van der Waals surface area (Å²) in [6.07, 6.45) is 0.738. The summed E-state index contributed by atoms with van der Waals surface area (Å²) in [6, 6.07) is 11.1. The van der Waals surface area contributed by atoms with Gasteiger partial charge in [-0.05, 0) is 41.4 Å². The summed E-state index contributed by atoms with van der Waals surface area (Å²) in [5.41, 5.74) is 1.20. The van der Waals surface area contributed by atoms with Crippen LogP contribution in [-0.4, -0.2) is 35.4 Å². The number of hydrogen-bond acceptors (Lipinski definition) is 8. The molecular formula is C22H21N3O4S3. The molecule has 0 saturated heterocycles. The van der Waals surface area contributed by atoms with E-state index in [4.69, 9.17) is 9.47 Å². The Morgan fingerprint density at radius 1 is 1.12 bits per heavy atom. The highest BCUT2D eigenvalue weighted by atomic mass is 32.2. The minimum atomic E-state index is -0.202. The molecule has 3 heterocycles. The first-order valence-electron chi connectivity index (χ1n) is 9.74. The molecule has 0 aliphatic heterocycles. The van der Waals surface area contributed by atoms with Gasteiger partial charge in [0.2, 0.25) is 5.91 Å². The van der Waals surface area contributed by atoms with E-state index in [0.29, 0.717) is 39.1 Å². The molecule has 32 heavy (non-hydrogen) atoms. The van der Waals surface area contributed by atoms with Gasteiger partial charge < -0.3 is 14.8 Å². The zero-order valence-electron chi connectivity index (χ0n) is 17.5. The van der Waals surface area contributed by atoms with Crippen molar-refractivity contribution in [2.24, 2.45) is 0 Å². The quantitative estimate of drug-likeness (QED) is 0.276. The van der Waals surface area contributed by atoms with Crippen LogP contribution in [0.5, 0.6) is 11.5 Å². The predicted octanol–water partition coefficient (Wildman–Crippen LogP) is 4.51. The molecular weight excluding hydrogens is 466 g/mol. The molecule has 7 nitrogen and oxygen atoms in total. The van der Waals surface area contributed by atoms with Gasteiger partial charge in [-0.25, -0.2) is 4.98 Å². The van der Waals surface area contributed by atoms with Crippen molar-refractivity contribution in [2.45, 2.75) is 18.1 Å². The largest absolute Gasteiger partial charge is 0.493 e. The highest BCUT2D eigenvalue weighted by molar-refractivity contribution is 7.99. The second-order valence-electron chi connectivity index (χ2n) is 6.72. The van der Waals surface area contributed by atoms with Crippen LogP contribution in [-0.2, 0) is 17.8 Å². The Kier molecular flexibility index (Phi) is 7.13. The number of ether oxygens (including phenoxy) is 2. The molecule has 0 radical (unpaired) electrons. The fraction of sp³-hybridized carbons (Fsp3) is 0.227. The average Bonchev–Trinajstić information content (AvgIpc) is 3.49. The molecule has 166 valence electrons. The Morgan fingerprint density at radius 2 is 1.97 bits per heavy atom. The lowest BCUT2D eigenvalue weighted by Gasteiger charge is -2.12. The highest BCUT2D eigenvalue weighted by Crippen LogP contribution is 2.30. The number of thioether (sulfide) groups is 1. The maximum absolute atomic E-state index is 13.0. The number of methoxy groups -OCH3 is 2. The van der Waals surface area contributed by atoms with Gasteiger partial charge in [0.15, 0.2) is 16.7 Å². The lowest BCUT2D eigenvalue weighted by molar-refractivity contribution is -0.113. The molecule has 1 N–H and O–H groups in total. The second-order valence-corrected chi connectivity index (χ2v) is 9.61. The summed E-state index contributed by atoms with van der Waals surface area (Å²) in [5, 5.41) is 7.28. The zero-order chi connectivity index (χ0) is 22.5. The van der Waals surface area contributed by atoms with Crippen LogP contribution in [0.3, 0.4) is 0 Å². The first-order valence-corrected chi connectivity index (χ1v) is 12.5. The number of benzene rings is 1.